The Morgan fingerprint density at radius 3 is 2.60 bits per heavy atom. The van der Waals surface area contributed by atoms with Gasteiger partial charge >= 0.3 is 6.18 Å². The number of nitrogens with zero attached hydrogens (tertiary/aromatic N) is 1. The summed E-state index contributed by atoms with van der Waals surface area (Å²) in [6.07, 6.45) is -4.51. The number of hydrogen-bond donors (Lipinski definition) is 2. The Morgan fingerprint density at radius 1 is 1.40 bits per heavy atom. The van der Waals surface area contributed by atoms with E-state index in [1.807, 2.05) is 13.8 Å². The molecule has 1 amide bonds. The Bertz CT molecular complexity index is 478. The molecule has 0 aromatic carbocycles. The summed E-state index contributed by atoms with van der Waals surface area (Å²) in [5, 5.41) is 4.85. The molecular weight excluding hydrogens is 295 g/mol. The third-order valence-electron chi connectivity index (χ3n) is 2.26. The molecule has 1 rings (SSSR count). The summed E-state index contributed by atoms with van der Waals surface area (Å²) in [6, 6.07) is 1.53. The lowest BCUT2D eigenvalue weighted by Gasteiger charge is -2.11. The van der Waals surface area contributed by atoms with Gasteiger partial charge in [0.15, 0.2) is 0 Å². The zero-order chi connectivity index (χ0) is 15.3. The van der Waals surface area contributed by atoms with Crippen molar-refractivity contribution in [3.8, 4) is 0 Å². The summed E-state index contributed by atoms with van der Waals surface area (Å²) in [6.45, 7) is 4.19. The molecule has 4 nitrogen and oxygen atoms in total. The van der Waals surface area contributed by atoms with Gasteiger partial charge in [-0.25, -0.2) is 4.98 Å². The number of carbonyl (C=O) groups is 1. The number of aromatic nitrogens is 1. The van der Waals surface area contributed by atoms with Crippen molar-refractivity contribution in [2.24, 2.45) is 5.92 Å². The van der Waals surface area contributed by atoms with Gasteiger partial charge in [-0.05, 0) is 18.1 Å². The molecule has 20 heavy (non-hydrogen) atoms. The van der Waals surface area contributed by atoms with E-state index in [-0.39, 0.29) is 23.4 Å². The first-order valence-corrected chi connectivity index (χ1v) is 6.31. The molecule has 112 valence electrons. The third kappa shape index (κ3) is 5.64. The molecule has 0 unspecified atom stereocenters. The number of alkyl halides is 3. The molecule has 8 heteroatoms. The first-order valence-electron chi connectivity index (χ1n) is 5.94. The number of rotatable bonds is 5. The number of carbonyl (C=O) groups excluding carboxylic acids is 1. The Kier molecular flexibility index (Phi) is 5.62. The van der Waals surface area contributed by atoms with Crippen molar-refractivity contribution in [3.05, 3.63) is 22.8 Å². The minimum Gasteiger partial charge on any atom is -0.361 e. The van der Waals surface area contributed by atoms with Crippen LogP contribution in [-0.2, 0) is 11.0 Å². The van der Waals surface area contributed by atoms with Crippen LogP contribution in [0.25, 0.3) is 0 Å². The molecule has 2 N–H and O–H groups in total. The molecule has 0 radical (unpaired) electrons. The van der Waals surface area contributed by atoms with E-state index in [2.05, 4.69) is 15.6 Å². The highest BCUT2D eigenvalue weighted by molar-refractivity contribution is 6.29. The summed E-state index contributed by atoms with van der Waals surface area (Å²) < 4.78 is 37.7. The summed E-state index contributed by atoms with van der Waals surface area (Å²) in [5.74, 6) is -0.126. The number of pyridine rings is 1. The van der Waals surface area contributed by atoms with Crippen LogP contribution in [0.2, 0.25) is 5.15 Å². The molecule has 0 aliphatic heterocycles. The second-order valence-electron chi connectivity index (χ2n) is 4.61. The molecule has 0 saturated carbocycles. The first kappa shape index (κ1) is 16.6. The molecule has 0 spiro atoms. The number of halogens is 4. The van der Waals surface area contributed by atoms with Crippen molar-refractivity contribution in [3.63, 3.8) is 0 Å². The number of nitrogens with one attached hydrogen (secondary N) is 2. The van der Waals surface area contributed by atoms with Crippen molar-refractivity contribution < 1.29 is 18.0 Å². The fourth-order valence-corrected chi connectivity index (χ4v) is 1.51. The van der Waals surface area contributed by atoms with E-state index < -0.39 is 11.7 Å². The summed E-state index contributed by atoms with van der Waals surface area (Å²) in [5.41, 5.74) is -0.914. The predicted molar refractivity (Wildman–Crippen MR) is 70.6 cm³/mol. The highest BCUT2D eigenvalue weighted by atomic mass is 35.5. The van der Waals surface area contributed by atoms with Crippen LogP contribution in [0.15, 0.2) is 12.1 Å². The average Bonchev–Trinajstić information content (AvgIpc) is 2.32. The molecule has 1 aromatic heterocycles. The second kappa shape index (κ2) is 6.78. The maximum atomic E-state index is 12.6. The Morgan fingerprint density at radius 2 is 2.05 bits per heavy atom. The van der Waals surface area contributed by atoms with Crippen LogP contribution in [0.4, 0.5) is 19.0 Å². The van der Waals surface area contributed by atoms with Crippen molar-refractivity contribution in [1.29, 1.82) is 0 Å². The van der Waals surface area contributed by atoms with Gasteiger partial charge in [-0.2, -0.15) is 13.2 Å². The smallest absolute Gasteiger partial charge is 0.361 e. The van der Waals surface area contributed by atoms with Gasteiger partial charge in [0.1, 0.15) is 11.0 Å². The zero-order valence-electron chi connectivity index (χ0n) is 11.0. The zero-order valence-corrected chi connectivity index (χ0v) is 11.8. The van der Waals surface area contributed by atoms with E-state index in [1.165, 1.54) is 0 Å². The monoisotopic (exact) mass is 309 g/mol. The van der Waals surface area contributed by atoms with Crippen molar-refractivity contribution in [2.75, 3.05) is 18.4 Å². The van der Waals surface area contributed by atoms with E-state index >= 15 is 0 Å². The predicted octanol–water partition coefficient (Wildman–Crippen LogP) is 2.94. The van der Waals surface area contributed by atoms with Crippen LogP contribution in [0.5, 0.6) is 0 Å². The van der Waals surface area contributed by atoms with E-state index in [0.29, 0.717) is 12.5 Å². The van der Waals surface area contributed by atoms with Crippen molar-refractivity contribution in [2.45, 2.75) is 20.0 Å². The molecule has 0 fully saturated rings. The molecule has 1 heterocycles. The maximum absolute atomic E-state index is 12.6. The number of amides is 1. The summed E-state index contributed by atoms with van der Waals surface area (Å²) in [7, 11) is 0. The van der Waals surface area contributed by atoms with E-state index in [9.17, 15) is 18.0 Å². The molecular formula is C12H15ClF3N3O. The molecule has 1 aromatic rings. The molecule has 0 aliphatic rings. The summed E-state index contributed by atoms with van der Waals surface area (Å²) >= 11 is 5.52. The summed E-state index contributed by atoms with van der Waals surface area (Å²) in [4.78, 5) is 15.1. The van der Waals surface area contributed by atoms with Crippen LogP contribution in [-0.4, -0.2) is 24.0 Å². The lowest BCUT2D eigenvalue weighted by atomic mass is 10.2. The van der Waals surface area contributed by atoms with Crippen LogP contribution >= 0.6 is 11.6 Å². The maximum Gasteiger partial charge on any atom is 0.416 e. The third-order valence-corrected chi connectivity index (χ3v) is 2.45. The van der Waals surface area contributed by atoms with E-state index in [4.69, 9.17) is 11.6 Å². The fourth-order valence-electron chi connectivity index (χ4n) is 1.30. The standard InChI is InChI=1S/C12H15ClF3N3O/c1-7(2)5-18-11(20)6-17-10-4-8(12(14,15)16)3-9(13)19-10/h3-4,7H,5-6H2,1-2H3,(H,17,19)(H,18,20). The first-order chi connectivity index (χ1) is 9.18. The van der Waals surface area contributed by atoms with Crippen LogP contribution in [0, 0.1) is 5.92 Å². The van der Waals surface area contributed by atoms with E-state index in [0.717, 1.165) is 12.1 Å². The van der Waals surface area contributed by atoms with Crippen LogP contribution < -0.4 is 10.6 Å². The van der Waals surface area contributed by atoms with Crippen LogP contribution in [0.3, 0.4) is 0 Å². The Hall–Kier alpha value is -1.50. The van der Waals surface area contributed by atoms with E-state index in [1.54, 1.807) is 0 Å². The Labute approximate surface area is 119 Å². The largest absolute Gasteiger partial charge is 0.416 e. The van der Waals surface area contributed by atoms with Gasteiger partial charge in [0.2, 0.25) is 5.91 Å². The number of hydrogen-bond acceptors (Lipinski definition) is 3. The second-order valence-corrected chi connectivity index (χ2v) is 5.00. The van der Waals surface area contributed by atoms with Gasteiger partial charge in [0.05, 0.1) is 12.1 Å². The quantitative estimate of drug-likeness (QED) is 0.822. The Balaban J connectivity index is 2.64. The highest BCUT2D eigenvalue weighted by Gasteiger charge is 2.31. The average molecular weight is 310 g/mol. The van der Waals surface area contributed by atoms with Gasteiger partial charge in [0, 0.05) is 6.54 Å². The van der Waals surface area contributed by atoms with Gasteiger partial charge in [-0.1, -0.05) is 25.4 Å². The van der Waals surface area contributed by atoms with Crippen molar-refractivity contribution >= 4 is 23.3 Å². The SMILES string of the molecule is CC(C)CNC(=O)CNc1cc(C(F)(F)F)cc(Cl)n1. The van der Waals surface area contributed by atoms with Gasteiger partial charge in [-0.3, -0.25) is 4.79 Å². The lowest BCUT2D eigenvalue weighted by molar-refractivity contribution is -0.137. The van der Waals surface area contributed by atoms with Crippen molar-refractivity contribution in [1.82, 2.24) is 10.3 Å². The van der Waals surface area contributed by atoms with Crippen LogP contribution in [0.1, 0.15) is 19.4 Å². The molecule has 0 saturated heterocycles. The van der Waals surface area contributed by atoms with Gasteiger partial charge < -0.3 is 10.6 Å². The minimum atomic E-state index is -4.51. The fraction of sp³-hybridized carbons (Fsp3) is 0.500. The molecule has 0 atom stereocenters. The van der Waals surface area contributed by atoms with Gasteiger partial charge in [0.25, 0.3) is 0 Å². The number of anilines is 1. The highest BCUT2D eigenvalue weighted by Crippen LogP contribution is 2.31. The topological polar surface area (TPSA) is 54.0 Å². The normalized spacial score (nSPS) is 11.6. The molecule has 0 aliphatic carbocycles. The van der Waals surface area contributed by atoms with Gasteiger partial charge in [-0.15, -0.1) is 0 Å². The minimum absolute atomic E-state index is 0.0930. The lowest BCUT2D eigenvalue weighted by Crippen LogP contribution is -2.32. The molecule has 0 bridgehead atoms.